The van der Waals surface area contributed by atoms with Crippen LogP contribution >= 0.6 is 15.9 Å². The Morgan fingerprint density at radius 2 is 2.31 bits per heavy atom. The van der Waals surface area contributed by atoms with Gasteiger partial charge in [-0.3, -0.25) is 4.90 Å². The highest BCUT2D eigenvalue weighted by atomic mass is 79.9. The van der Waals surface area contributed by atoms with Crippen LogP contribution < -0.4 is 5.73 Å². The summed E-state index contributed by atoms with van der Waals surface area (Å²) in [5.74, 6) is 0.431. The molecular weight excluding hydrogens is 271 g/mol. The van der Waals surface area contributed by atoms with Crippen LogP contribution in [0.2, 0.25) is 0 Å². The largest absolute Gasteiger partial charge is 0.330 e. The smallest absolute Gasteiger partial charge is 0.123 e. The zero-order valence-electron chi connectivity index (χ0n) is 9.13. The summed E-state index contributed by atoms with van der Waals surface area (Å²) >= 11 is 3.45. The molecule has 1 aromatic rings. The standard InChI is InChI=1S/C12H16BrFN2/c13-12-2-1-11(14)5-10(12)8-16-4-3-9(6-15)7-16/h1-2,5,9H,3-4,6-8,15H2. The van der Waals surface area contributed by atoms with Crippen molar-refractivity contribution >= 4 is 15.9 Å². The minimum absolute atomic E-state index is 0.173. The molecule has 0 aliphatic carbocycles. The molecule has 1 aromatic carbocycles. The van der Waals surface area contributed by atoms with E-state index in [1.54, 1.807) is 12.1 Å². The molecule has 1 heterocycles. The maximum Gasteiger partial charge on any atom is 0.123 e. The van der Waals surface area contributed by atoms with Gasteiger partial charge in [-0.15, -0.1) is 0 Å². The fourth-order valence-corrected chi connectivity index (χ4v) is 2.53. The van der Waals surface area contributed by atoms with Crippen LogP contribution in [0.5, 0.6) is 0 Å². The predicted octanol–water partition coefficient (Wildman–Crippen LogP) is 2.37. The Morgan fingerprint density at radius 1 is 1.50 bits per heavy atom. The van der Waals surface area contributed by atoms with E-state index in [4.69, 9.17) is 5.73 Å². The van der Waals surface area contributed by atoms with Crippen LogP contribution in [0.1, 0.15) is 12.0 Å². The molecule has 88 valence electrons. The normalized spacial score (nSPS) is 21.6. The van der Waals surface area contributed by atoms with Gasteiger partial charge in [-0.1, -0.05) is 15.9 Å². The van der Waals surface area contributed by atoms with Crippen molar-refractivity contribution < 1.29 is 4.39 Å². The summed E-state index contributed by atoms with van der Waals surface area (Å²) in [6.07, 6.45) is 1.16. The van der Waals surface area contributed by atoms with Gasteiger partial charge in [0.05, 0.1) is 0 Å². The molecule has 1 saturated heterocycles. The fraction of sp³-hybridized carbons (Fsp3) is 0.500. The van der Waals surface area contributed by atoms with Crippen LogP contribution in [0, 0.1) is 11.7 Å². The number of halogens is 2. The molecule has 1 aliphatic heterocycles. The third-order valence-corrected chi connectivity index (χ3v) is 3.88. The zero-order valence-corrected chi connectivity index (χ0v) is 10.7. The fourth-order valence-electron chi connectivity index (χ4n) is 2.15. The molecule has 1 aliphatic rings. The number of likely N-dealkylation sites (tertiary alicyclic amines) is 1. The second-order valence-corrected chi connectivity index (χ2v) is 5.22. The Hall–Kier alpha value is -0.450. The van der Waals surface area contributed by atoms with E-state index in [-0.39, 0.29) is 5.82 Å². The first-order valence-electron chi connectivity index (χ1n) is 5.55. The van der Waals surface area contributed by atoms with Gasteiger partial charge >= 0.3 is 0 Å². The minimum Gasteiger partial charge on any atom is -0.330 e. The van der Waals surface area contributed by atoms with E-state index in [0.29, 0.717) is 5.92 Å². The number of benzene rings is 1. The second-order valence-electron chi connectivity index (χ2n) is 4.36. The molecule has 0 bridgehead atoms. The molecule has 1 unspecified atom stereocenters. The lowest BCUT2D eigenvalue weighted by Gasteiger charge is -2.16. The SMILES string of the molecule is NCC1CCN(Cc2cc(F)ccc2Br)C1. The van der Waals surface area contributed by atoms with Crippen molar-refractivity contribution in [2.24, 2.45) is 11.7 Å². The van der Waals surface area contributed by atoms with Crippen molar-refractivity contribution in [2.45, 2.75) is 13.0 Å². The van der Waals surface area contributed by atoms with Crippen molar-refractivity contribution in [3.63, 3.8) is 0 Å². The van der Waals surface area contributed by atoms with Crippen molar-refractivity contribution in [2.75, 3.05) is 19.6 Å². The van der Waals surface area contributed by atoms with Crippen molar-refractivity contribution in [1.29, 1.82) is 0 Å². The number of hydrogen-bond acceptors (Lipinski definition) is 2. The molecule has 4 heteroatoms. The number of nitrogens with zero attached hydrogens (tertiary/aromatic N) is 1. The summed E-state index contributed by atoms with van der Waals surface area (Å²) in [6.45, 7) is 3.64. The predicted molar refractivity (Wildman–Crippen MR) is 66.5 cm³/mol. The van der Waals surface area contributed by atoms with E-state index in [9.17, 15) is 4.39 Å². The Morgan fingerprint density at radius 3 is 3.00 bits per heavy atom. The summed E-state index contributed by atoms with van der Waals surface area (Å²) < 4.78 is 14.1. The third-order valence-electron chi connectivity index (χ3n) is 3.11. The number of rotatable bonds is 3. The van der Waals surface area contributed by atoms with Crippen molar-refractivity contribution in [1.82, 2.24) is 4.90 Å². The van der Waals surface area contributed by atoms with Crippen LogP contribution in [0.4, 0.5) is 4.39 Å². The summed E-state index contributed by atoms with van der Waals surface area (Å²) in [6, 6.07) is 4.83. The molecule has 0 spiro atoms. The lowest BCUT2D eigenvalue weighted by atomic mass is 10.1. The summed E-state index contributed by atoms with van der Waals surface area (Å²) in [5, 5.41) is 0. The van der Waals surface area contributed by atoms with Gasteiger partial charge in [0, 0.05) is 17.6 Å². The van der Waals surface area contributed by atoms with E-state index >= 15 is 0 Å². The number of hydrogen-bond donors (Lipinski definition) is 1. The highest BCUT2D eigenvalue weighted by Gasteiger charge is 2.21. The molecule has 1 atom stereocenters. The van der Waals surface area contributed by atoms with Gasteiger partial charge in [0.25, 0.3) is 0 Å². The first-order chi connectivity index (χ1) is 7.69. The van der Waals surface area contributed by atoms with Crippen LogP contribution in [0.25, 0.3) is 0 Å². The highest BCUT2D eigenvalue weighted by molar-refractivity contribution is 9.10. The van der Waals surface area contributed by atoms with E-state index < -0.39 is 0 Å². The average molecular weight is 287 g/mol. The monoisotopic (exact) mass is 286 g/mol. The van der Waals surface area contributed by atoms with E-state index in [1.807, 2.05) is 0 Å². The van der Waals surface area contributed by atoms with Gasteiger partial charge in [-0.05, 0) is 49.2 Å². The summed E-state index contributed by atoms with van der Waals surface area (Å²) in [5.41, 5.74) is 6.66. The van der Waals surface area contributed by atoms with Crippen LogP contribution in [0.15, 0.2) is 22.7 Å². The molecule has 2 rings (SSSR count). The Balaban J connectivity index is 2.01. The van der Waals surface area contributed by atoms with E-state index in [0.717, 1.165) is 42.6 Å². The van der Waals surface area contributed by atoms with Gasteiger partial charge in [0.1, 0.15) is 5.82 Å². The van der Waals surface area contributed by atoms with Gasteiger partial charge in [0.15, 0.2) is 0 Å². The number of nitrogens with two attached hydrogens (primary N) is 1. The third kappa shape index (κ3) is 2.81. The maximum atomic E-state index is 13.1. The highest BCUT2D eigenvalue weighted by Crippen LogP contribution is 2.23. The molecule has 16 heavy (non-hydrogen) atoms. The molecule has 0 radical (unpaired) electrons. The lowest BCUT2D eigenvalue weighted by Crippen LogP contribution is -2.23. The Bertz CT molecular complexity index is 370. The van der Waals surface area contributed by atoms with Crippen LogP contribution in [-0.2, 0) is 6.54 Å². The molecular formula is C12H16BrFN2. The van der Waals surface area contributed by atoms with Crippen molar-refractivity contribution in [3.05, 3.63) is 34.1 Å². The molecule has 1 fully saturated rings. The van der Waals surface area contributed by atoms with Crippen molar-refractivity contribution in [3.8, 4) is 0 Å². The van der Waals surface area contributed by atoms with E-state index in [2.05, 4.69) is 20.8 Å². The molecule has 2 N–H and O–H groups in total. The zero-order chi connectivity index (χ0) is 11.5. The average Bonchev–Trinajstić information content (AvgIpc) is 2.71. The van der Waals surface area contributed by atoms with Gasteiger partial charge in [-0.25, -0.2) is 4.39 Å². The van der Waals surface area contributed by atoms with Gasteiger partial charge in [0.2, 0.25) is 0 Å². The quantitative estimate of drug-likeness (QED) is 0.924. The second kappa shape index (κ2) is 5.25. The summed E-state index contributed by atoms with van der Waals surface area (Å²) in [4.78, 5) is 2.33. The first kappa shape index (κ1) is 12.0. The minimum atomic E-state index is -0.173. The van der Waals surface area contributed by atoms with Crippen LogP contribution in [0.3, 0.4) is 0 Å². The first-order valence-corrected chi connectivity index (χ1v) is 6.34. The van der Waals surface area contributed by atoms with Gasteiger partial charge < -0.3 is 5.73 Å². The maximum absolute atomic E-state index is 13.1. The van der Waals surface area contributed by atoms with E-state index in [1.165, 1.54) is 6.07 Å². The Kier molecular flexibility index (Phi) is 3.95. The van der Waals surface area contributed by atoms with Gasteiger partial charge in [-0.2, -0.15) is 0 Å². The molecule has 2 nitrogen and oxygen atoms in total. The topological polar surface area (TPSA) is 29.3 Å². The molecule has 0 saturated carbocycles. The summed E-state index contributed by atoms with van der Waals surface area (Å²) in [7, 11) is 0. The van der Waals surface area contributed by atoms with Crippen LogP contribution in [-0.4, -0.2) is 24.5 Å². The lowest BCUT2D eigenvalue weighted by molar-refractivity contribution is 0.317. The Labute approximate surface area is 104 Å². The molecule has 0 aromatic heterocycles. The molecule has 0 amide bonds.